The van der Waals surface area contributed by atoms with Gasteiger partial charge in [0, 0.05) is 16.9 Å². The Morgan fingerprint density at radius 2 is 1.79 bits per heavy atom. The lowest BCUT2D eigenvalue weighted by atomic mass is 10.1. The topological polar surface area (TPSA) is 77.6 Å². The summed E-state index contributed by atoms with van der Waals surface area (Å²) in [5.41, 5.74) is 5.64. The van der Waals surface area contributed by atoms with E-state index in [9.17, 15) is 4.79 Å². The number of hydrogen-bond donors (Lipinski definition) is 1. The van der Waals surface area contributed by atoms with Crippen LogP contribution in [0.25, 0.3) is 5.69 Å². The van der Waals surface area contributed by atoms with Gasteiger partial charge in [0.2, 0.25) is 5.91 Å². The van der Waals surface area contributed by atoms with E-state index in [1.165, 1.54) is 6.33 Å². The van der Waals surface area contributed by atoms with Gasteiger partial charge in [-0.1, -0.05) is 30.3 Å². The zero-order valence-corrected chi connectivity index (χ0v) is 16.4. The molecule has 29 heavy (non-hydrogen) atoms. The number of carbonyl (C=O) groups excluding carboxylic acids is 1. The quantitative estimate of drug-likeness (QED) is 0.551. The zero-order valence-electron chi connectivity index (χ0n) is 16.4. The fraction of sp³-hybridized carbons (Fsp3) is 0.182. The Bertz CT molecular complexity index is 1100. The first-order chi connectivity index (χ1) is 14.1. The molecule has 0 radical (unpaired) electrons. The third-order valence-electron chi connectivity index (χ3n) is 4.83. The molecule has 2 aromatic heterocycles. The largest absolute Gasteiger partial charge is 0.326 e. The molecule has 4 rings (SSSR count). The summed E-state index contributed by atoms with van der Waals surface area (Å²) in [4.78, 5) is 16.5. The monoisotopic (exact) mass is 386 g/mol. The van der Waals surface area contributed by atoms with Crippen LogP contribution in [0.5, 0.6) is 0 Å². The summed E-state index contributed by atoms with van der Waals surface area (Å²) in [6.07, 6.45) is 3.47. The summed E-state index contributed by atoms with van der Waals surface area (Å²) in [6, 6.07) is 17.7. The first-order valence-electron chi connectivity index (χ1n) is 9.42. The number of anilines is 1. The van der Waals surface area contributed by atoms with Gasteiger partial charge in [-0.05, 0) is 43.7 Å². The highest BCUT2D eigenvalue weighted by Gasteiger charge is 2.16. The number of para-hydroxylation sites is 1. The molecule has 0 saturated carbocycles. The fourth-order valence-corrected chi connectivity index (χ4v) is 3.31. The molecular weight excluding hydrogens is 364 g/mol. The zero-order chi connectivity index (χ0) is 20.2. The molecule has 146 valence electrons. The Morgan fingerprint density at radius 3 is 2.48 bits per heavy atom. The summed E-state index contributed by atoms with van der Waals surface area (Å²) in [6.45, 7) is 4.58. The minimum atomic E-state index is -0.0622. The number of nitrogens with one attached hydrogen (secondary N) is 1. The number of aryl methyl sites for hydroxylation is 1. The average Bonchev–Trinajstić information content (AvgIpc) is 3.33. The van der Waals surface area contributed by atoms with Crippen molar-refractivity contribution in [3.8, 4) is 5.69 Å². The number of benzene rings is 2. The van der Waals surface area contributed by atoms with Gasteiger partial charge in [0.15, 0.2) is 0 Å². The first kappa shape index (κ1) is 18.6. The van der Waals surface area contributed by atoms with Gasteiger partial charge in [-0.25, -0.2) is 14.3 Å². The minimum Gasteiger partial charge on any atom is -0.326 e. The molecule has 2 heterocycles. The van der Waals surface area contributed by atoms with E-state index in [2.05, 4.69) is 20.5 Å². The van der Waals surface area contributed by atoms with Crippen LogP contribution in [0.2, 0.25) is 0 Å². The second-order valence-corrected chi connectivity index (χ2v) is 6.91. The second-order valence-electron chi connectivity index (χ2n) is 6.91. The van der Waals surface area contributed by atoms with Gasteiger partial charge in [-0.2, -0.15) is 10.2 Å². The van der Waals surface area contributed by atoms with Crippen LogP contribution in [-0.4, -0.2) is 30.5 Å². The molecule has 2 aromatic carbocycles. The van der Waals surface area contributed by atoms with E-state index in [1.807, 2.05) is 73.1 Å². The molecule has 7 nitrogen and oxygen atoms in total. The number of rotatable bonds is 6. The smallest absolute Gasteiger partial charge is 0.228 e. The maximum absolute atomic E-state index is 12.6. The number of nitrogens with zero attached hydrogens (tertiary/aromatic N) is 5. The van der Waals surface area contributed by atoms with Crippen LogP contribution in [0.4, 0.5) is 5.69 Å². The van der Waals surface area contributed by atoms with E-state index in [-0.39, 0.29) is 12.3 Å². The van der Waals surface area contributed by atoms with E-state index < -0.39 is 0 Å². The van der Waals surface area contributed by atoms with Crippen molar-refractivity contribution in [3.05, 3.63) is 89.8 Å². The van der Waals surface area contributed by atoms with E-state index in [0.717, 1.165) is 33.9 Å². The highest BCUT2D eigenvalue weighted by atomic mass is 16.1. The molecule has 0 spiro atoms. The molecule has 1 N–H and O–H groups in total. The van der Waals surface area contributed by atoms with Crippen molar-refractivity contribution in [2.24, 2.45) is 0 Å². The third kappa shape index (κ3) is 4.24. The van der Waals surface area contributed by atoms with E-state index >= 15 is 0 Å². The Labute approximate surface area is 169 Å². The SMILES string of the molecule is Cc1nn(-c2ccccc2)c(C)c1CC(=O)Nc1ccc(Cn2cncn2)cc1. The summed E-state index contributed by atoms with van der Waals surface area (Å²) >= 11 is 0. The van der Waals surface area contributed by atoms with Crippen LogP contribution >= 0.6 is 0 Å². The fourth-order valence-electron chi connectivity index (χ4n) is 3.31. The molecule has 0 saturated heterocycles. The van der Waals surface area contributed by atoms with Gasteiger partial charge in [-0.15, -0.1) is 0 Å². The van der Waals surface area contributed by atoms with Crippen molar-refractivity contribution < 1.29 is 4.79 Å². The minimum absolute atomic E-state index is 0.0622. The van der Waals surface area contributed by atoms with E-state index in [0.29, 0.717) is 6.54 Å². The van der Waals surface area contributed by atoms with Gasteiger partial charge in [-0.3, -0.25) is 4.79 Å². The van der Waals surface area contributed by atoms with Crippen molar-refractivity contribution in [1.82, 2.24) is 24.5 Å². The molecule has 0 aliphatic carbocycles. The van der Waals surface area contributed by atoms with Crippen LogP contribution in [0.3, 0.4) is 0 Å². The molecule has 1 amide bonds. The number of carbonyl (C=O) groups is 1. The predicted octanol–water partition coefficient (Wildman–Crippen LogP) is 3.31. The normalized spacial score (nSPS) is 10.8. The summed E-state index contributed by atoms with van der Waals surface area (Å²) in [5, 5.41) is 11.7. The molecule has 0 unspecified atom stereocenters. The van der Waals surface area contributed by atoms with Gasteiger partial charge < -0.3 is 5.32 Å². The molecule has 0 fully saturated rings. The summed E-state index contributed by atoms with van der Waals surface area (Å²) < 4.78 is 3.64. The van der Waals surface area contributed by atoms with Crippen LogP contribution in [0.1, 0.15) is 22.5 Å². The lowest BCUT2D eigenvalue weighted by molar-refractivity contribution is -0.115. The Balaban J connectivity index is 1.43. The molecule has 4 aromatic rings. The van der Waals surface area contributed by atoms with Crippen LogP contribution < -0.4 is 5.32 Å². The molecule has 0 aliphatic heterocycles. The summed E-state index contributed by atoms with van der Waals surface area (Å²) in [5.74, 6) is -0.0622. The average molecular weight is 386 g/mol. The van der Waals surface area contributed by atoms with Crippen molar-refractivity contribution in [2.75, 3.05) is 5.32 Å². The lowest BCUT2D eigenvalue weighted by Gasteiger charge is -2.08. The van der Waals surface area contributed by atoms with Crippen molar-refractivity contribution in [1.29, 1.82) is 0 Å². The number of hydrogen-bond acceptors (Lipinski definition) is 4. The van der Waals surface area contributed by atoms with Crippen LogP contribution in [0, 0.1) is 13.8 Å². The van der Waals surface area contributed by atoms with Crippen molar-refractivity contribution >= 4 is 11.6 Å². The highest BCUT2D eigenvalue weighted by molar-refractivity contribution is 5.92. The number of aromatic nitrogens is 5. The van der Waals surface area contributed by atoms with Crippen LogP contribution in [-0.2, 0) is 17.8 Å². The lowest BCUT2D eigenvalue weighted by Crippen LogP contribution is -2.15. The molecule has 0 bridgehead atoms. The van der Waals surface area contributed by atoms with Gasteiger partial charge in [0.05, 0.1) is 24.3 Å². The van der Waals surface area contributed by atoms with Crippen molar-refractivity contribution in [3.63, 3.8) is 0 Å². The summed E-state index contributed by atoms with van der Waals surface area (Å²) in [7, 11) is 0. The predicted molar refractivity (Wildman–Crippen MR) is 111 cm³/mol. The van der Waals surface area contributed by atoms with E-state index in [1.54, 1.807) is 11.0 Å². The first-order valence-corrected chi connectivity index (χ1v) is 9.42. The second kappa shape index (κ2) is 8.10. The van der Waals surface area contributed by atoms with Gasteiger partial charge >= 0.3 is 0 Å². The number of amides is 1. The van der Waals surface area contributed by atoms with Crippen molar-refractivity contribution in [2.45, 2.75) is 26.8 Å². The highest BCUT2D eigenvalue weighted by Crippen LogP contribution is 2.19. The standard InChI is InChI=1S/C22H22N6O/c1-16-21(17(2)28(26-16)20-6-4-3-5-7-20)12-22(29)25-19-10-8-18(9-11-19)13-27-15-23-14-24-27/h3-11,14-15H,12-13H2,1-2H3,(H,25,29). The Hall–Kier alpha value is -3.74. The van der Waals surface area contributed by atoms with Gasteiger partial charge in [0.25, 0.3) is 0 Å². The maximum atomic E-state index is 12.6. The Morgan fingerprint density at radius 1 is 1.03 bits per heavy atom. The molecular formula is C22H22N6O. The van der Waals surface area contributed by atoms with Crippen LogP contribution in [0.15, 0.2) is 67.3 Å². The Kier molecular flexibility index (Phi) is 5.20. The molecule has 7 heteroatoms. The molecule has 0 aliphatic rings. The van der Waals surface area contributed by atoms with E-state index in [4.69, 9.17) is 0 Å². The van der Waals surface area contributed by atoms with Gasteiger partial charge in [0.1, 0.15) is 12.7 Å². The third-order valence-corrected chi connectivity index (χ3v) is 4.83. The maximum Gasteiger partial charge on any atom is 0.228 e. The molecule has 0 atom stereocenters.